The summed E-state index contributed by atoms with van der Waals surface area (Å²) in [5.74, 6) is 0.0691. The number of anilines is 1. The minimum Gasteiger partial charge on any atom is -0.315 e. The van der Waals surface area contributed by atoms with Crippen LogP contribution in [0.2, 0.25) is 0 Å². The molecule has 0 atom stereocenters. The number of amides is 1. The fraction of sp³-hybridized carbons (Fsp3) is 0.500. The van der Waals surface area contributed by atoms with Crippen molar-refractivity contribution in [2.45, 2.75) is 44.0 Å². The Morgan fingerprint density at radius 1 is 1.25 bits per heavy atom. The summed E-state index contributed by atoms with van der Waals surface area (Å²) in [7, 11) is -1.76. The molecule has 1 aliphatic rings. The molecule has 1 aliphatic heterocycles. The number of nitrogens with zero attached hydrogens (tertiary/aromatic N) is 1. The third kappa shape index (κ3) is 3.02. The first-order valence-corrected chi connectivity index (χ1v) is 8.21. The van der Waals surface area contributed by atoms with E-state index in [1.165, 1.54) is 0 Å². The molecule has 0 aromatic heterocycles. The van der Waals surface area contributed by atoms with Gasteiger partial charge in [-0.05, 0) is 50.5 Å². The number of hydrogen-bond donors (Lipinski definition) is 1. The standard InChI is InChI=1S/C14H20N2O3S/c1-10(2)15-20(18,19)12-7-8-13-11(9-12)5-4-6-14(17)16(13)3/h7-10,15H,4-6H2,1-3H3. The number of nitrogens with one attached hydrogen (secondary N) is 1. The molecule has 20 heavy (non-hydrogen) atoms. The molecular formula is C14H20N2O3S. The van der Waals surface area contributed by atoms with Gasteiger partial charge in [0.25, 0.3) is 0 Å². The number of hydrogen-bond acceptors (Lipinski definition) is 3. The van der Waals surface area contributed by atoms with Crippen LogP contribution in [0.25, 0.3) is 0 Å². The van der Waals surface area contributed by atoms with E-state index in [-0.39, 0.29) is 16.8 Å². The van der Waals surface area contributed by atoms with Gasteiger partial charge in [-0.2, -0.15) is 0 Å². The fourth-order valence-corrected chi connectivity index (χ4v) is 3.67. The van der Waals surface area contributed by atoms with E-state index in [2.05, 4.69) is 4.72 Å². The lowest BCUT2D eigenvalue weighted by atomic mass is 10.1. The SMILES string of the molecule is CC(C)NS(=O)(=O)c1ccc2c(c1)CCCC(=O)N2C. The molecule has 6 heteroatoms. The average Bonchev–Trinajstić information content (AvgIpc) is 2.48. The smallest absolute Gasteiger partial charge is 0.240 e. The van der Waals surface area contributed by atoms with Gasteiger partial charge in [0.05, 0.1) is 4.90 Å². The van der Waals surface area contributed by atoms with Crippen molar-refractivity contribution in [2.75, 3.05) is 11.9 Å². The Balaban J connectivity index is 2.42. The zero-order valence-corrected chi connectivity index (χ0v) is 12.8. The quantitative estimate of drug-likeness (QED) is 0.922. The Hall–Kier alpha value is -1.40. The molecule has 2 rings (SSSR count). The second-order valence-corrected chi connectivity index (χ2v) is 7.09. The molecule has 5 nitrogen and oxygen atoms in total. The second kappa shape index (κ2) is 5.54. The summed E-state index contributed by atoms with van der Waals surface area (Å²) in [6.07, 6.45) is 1.96. The van der Waals surface area contributed by atoms with E-state index in [9.17, 15) is 13.2 Å². The number of benzene rings is 1. The molecule has 110 valence electrons. The average molecular weight is 296 g/mol. The third-order valence-corrected chi connectivity index (χ3v) is 4.98. The lowest BCUT2D eigenvalue weighted by Crippen LogP contribution is -2.30. The lowest BCUT2D eigenvalue weighted by molar-refractivity contribution is -0.118. The van der Waals surface area contributed by atoms with Gasteiger partial charge in [0.15, 0.2) is 0 Å². The maximum Gasteiger partial charge on any atom is 0.240 e. The highest BCUT2D eigenvalue weighted by atomic mass is 32.2. The van der Waals surface area contributed by atoms with Gasteiger partial charge < -0.3 is 4.90 Å². The molecular weight excluding hydrogens is 276 g/mol. The summed E-state index contributed by atoms with van der Waals surface area (Å²) in [5.41, 5.74) is 1.71. The van der Waals surface area contributed by atoms with Crippen LogP contribution >= 0.6 is 0 Å². The van der Waals surface area contributed by atoms with Crippen molar-refractivity contribution >= 4 is 21.6 Å². The Bertz CT molecular complexity index is 623. The van der Waals surface area contributed by atoms with Gasteiger partial charge in [0.2, 0.25) is 15.9 Å². The van der Waals surface area contributed by atoms with Crippen molar-refractivity contribution in [3.63, 3.8) is 0 Å². The maximum absolute atomic E-state index is 12.2. The van der Waals surface area contributed by atoms with E-state index in [0.717, 1.165) is 24.1 Å². The molecule has 1 N–H and O–H groups in total. The van der Waals surface area contributed by atoms with Crippen molar-refractivity contribution in [2.24, 2.45) is 0 Å². The Morgan fingerprint density at radius 3 is 2.60 bits per heavy atom. The molecule has 1 aromatic carbocycles. The van der Waals surface area contributed by atoms with Gasteiger partial charge in [-0.1, -0.05) is 0 Å². The molecule has 0 spiro atoms. The van der Waals surface area contributed by atoms with Crippen LogP contribution in [0.15, 0.2) is 23.1 Å². The van der Waals surface area contributed by atoms with Crippen molar-refractivity contribution in [1.82, 2.24) is 4.72 Å². The zero-order chi connectivity index (χ0) is 14.9. The monoisotopic (exact) mass is 296 g/mol. The number of rotatable bonds is 3. The van der Waals surface area contributed by atoms with Gasteiger partial charge in [-0.15, -0.1) is 0 Å². The van der Waals surface area contributed by atoms with Crippen molar-refractivity contribution in [1.29, 1.82) is 0 Å². The van der Waals surface area contributed by atoms with Crippen LogP contribution in [0.1, 0.15) is 32.3 Å². The summed E-state index contributed by atoms with van der Waals surface area (Å²) in [6.45, 7) is 3.57. The van der Waals surface area contributed by atoms with Crippen LogP contribution in [-0.2, 0) is 21.2 Å². The number of carbonyl (C=O) groups excluding carboxylic acids is 1. The van der Waals surface area contributed by atoms with Crippen LogP contribution in [-0.4, -0.2) is 27.4 Å². The van der Waals surface area contributed by atoms with Crippen molar-refractivity contribution < 1.29 is 13.2 Å². The highest BCUT2D eigenvalue weighted by Crippen LogP contribution is 2.28. The van der Waals surface area contributed by atoms with E-state index >= 15 is 0 Å². The first kappa shape index (κ1) is 15.0. The first-order valence-electron chi connectivity index (χ1n) is 6.73. The molecule has 0 saturated carbocycles. The minimum absolute atomic E-state index is 0.0691. The predicted molar refractivity (Wildman–Crippen MR) is 78.2 cm³/mol. The van der Waals surface area contributed by atoms with E-state index in [1.54, 1.807) is 44.0 Å². The van der Waals surface area contributed by atoms with E-state index in [0.29, 0.717) is 6.42 Å². The molecule has 1 heterocycles. The molecule has 1 aromatic rings. The molecule has 0 aliphatic carbocycles. The van der Waals surface area contributed by atoms with Crippen molar-refractivity contribution in [3.05, 3.63) is 23.8 Å². The number of sulfonamides is 1. The molecule has 0 radical (unpaired) electrons. The van der Waals surface area contributed by atoms with Crippen LogP contribution in [0, 0.1) is 0 Å². The van der Waals surface area contributed by atoms with Gasteiger partial charge >= 0.3 is 0 Å². The number of fused-ring (bicyclic) bond motifs is 1. The first-order chi connectivity index (χ1) is 9.31. The third-order valence-electron chi connectivity index (χ3n) is 3.32. The molecule has 0 bridgehead atoms. The maximum atomic E-state index is 12.2. The summed E-state index contributed by atoms with van der Waals surface area (Å²) in [5, 5.41) is 0. The van der Waals surface area contributed by atoms with Crippen LogP contribution in [0.4, 0.5) is 5.69 Å². The van der Waals surface area contributed by atoms with E-state index in [1.807, 2.05) is 0 Å². The Labute approximate surface area is 120 Å². The normalized spacial score (nSPS) is 16.2. The highest BCUT2D eigenvalue weighted by Gasteiger charge is 2.22. The largest absolute Gasteiger partial charge is 0.315 e. The Kier molecular flexibility index (Phi) is 4.15. The Morgan fingerprint density at radius 2 is 1.95 bits per heavy atom. The van der Waals surface area contributed by atoms with E-state index in [4.69, 9.17) is 0 Å². The van der Waals surface area contributed by atoms with Gasteiger partial charge in [0, 0.05) is 25.2 Å². The van der Waals surface area contributed by atoms with E-state index < -0.39 is 10.0 Å². The molecule has 0 fully saturated rings. The predicted octanol–water partition coefficient (Wildman–Crippen LogP) is 1.67. The zero-order valence-electron chi connectivity index (χ0n) is 12.0. The topological polar surface area (TPSA) is 66.5 Å². The fourth-order valence-electron chi connectivity index (χ4n) is 2.37. The van der Waals surface area contributed by atoms with Crippen LogP contribution in [0.3, 0.4) is 0 Å². The van der Waals surface area contributed by atoms with Gasteiger partial charge in [-0.25, -0.2) is 13.1 Å². The lowest BCUT2D eigenvalue weighted by Gasteiger charge is -2.18. The van der Waals surface area contributed by atoms with Gasteiger partial charge in [0.1, 0.15) is 0 Å². The summed E-state index contributed by atoms with van der Waals surface area (Å²) in [4.78, 5) is 13.7. The number of aryl methyl sites for hydroxylation is 1. The molecule has 1 amide bonds. The van der Waals surface area contributed by atoms with Crippen LogP contribution < -0.4 is 9.62 Å². The van der Waals surface area contributed by atoms with Crippen LogP contribution in [0.5, 0.6) is 0 Å². The molecule has 0 unspecified atom stereocenters. The molecule has 0 saturated heterocycles. The van der Waals surface area contributed by atoms with Gasteiger partial charge in [-0.3, -0.25) is 4.79 Å². The number of carbonyl (C=O) groups is 1. The highest BCUT2D eigenvalue weighted by molar-refractivity contribution is 7.89. The minimum atomic E-state index is -3.49. The summed E-state index contributed by atoms with van der Waals surface area (Å²) >= 11 is 0. The summed E-state index contributed by atoms with van der Waals surface area (Å²) in [6, 6.07) is 4.80. The summed E-state index contributed by atoms with van der Waals surface area (Å²) < 4.78 is 26.9. The second-order valence-electron chi connectivity index (χ2n) is 5.37. The van der Waals surface area contributed by atoms with Crippen molar-refractivity contribution in [3.8, 4) is 0 Å².